The van der Waals surface area contributed by atoms with Crippen LogP contribution in [0.4, 0.5) is 0 Å². The average Bonchev–Trinajstić information content (AvgIpc) is 2.54. The highest BCUT2D eigenvalue weighted by molar-refractivity contribution is 4.74. The van der Waals surface area contributed by atoms with Crippen molar-refractivity contribution in [2.45, 2.75) is 89.3 Å². The molecule has 1 fully saturated rings. The maximum atomic E-state index is 6.04. The minimum Gasteiger partial charge on any atom is -0.378 e. The van der Waals surface area contributed by atoms with Crippen molar-refractivity contribution >= 4 is 0 Å². The fraction of sp³-hybridized carbons (Fsp3) is 0.800. The first kappa shape index (κ1) is 19.4. The zero-order valence-corrected chi connectivity index (χ0v) is 14.4. The van der Waals surface area contributed by atoms with Gasteiger partial charge in [-0.15, -0.1) is 13.2 Å². The summed E-state index contributed by atoms with van der Waals surface area (Å²) in [6.07, 6.45) is 19.3. The Balaban J connectivity index is 1.98. The second-order valence-electron chi connectivity index (χ2n) is 6.43. The monoisotopic (exact) mass is 308 g/mol. The van der Waals surface area contributed by atoms with E-state index in [1.54, 1.807) is 0 Å². The van der Waals surface area contributed by atoms with Gasteiger partial charge in [-0.05, 0) is 64.2 Å². The van der Waals surface area contributed by atoms with Crippen molar-refractivity contribution in [3.63, 3.8) is 0 Å². The van der Waals surface area contributed by atoms with Gasteiger partial charge in [0, 0.05) is 13.2 Å². The third-order valence-electron chi connectivity index (χ3n) is 4.39. The SMILES string of the molecule is C=CCCCCCOC1CCCC(OCCCCCC=C)C1. The predicted octanol–water partition coefficient (Wildman–Crippen LogP) is 5.82. The Hall–Kier alpha value is -0.600. The second-order valence-corrected chi connectivity index (χ2v) is 6.43. The minimum absolute atomic E-state index is 0.430. The van der Waals surface area contributed by atoms with E-state index in [-0.39, 0.29) is 0 Å². The molecular weight excluding hydrogens is 272 g/mol. The van der Waals surface area contributed by atoms with Crippen molar-refractivity contribution in [2.75, 3.05) is 13.2 Å². The Morgan fingerprint density at radius 1 is 0.727 bits per heavy atom. The lowest BCUT2D eigenvalue weighted by atomic mass is 9.95. The zero-order valence-electron chi connectivity index (χ0n) is 14.4. The molecule has 0 aliphatic heterocycles. The van der Waals surface area contributed by atoms with Crippen LogP contribution in [0.15, 0.2) is 25.3 Å². The smallest absolute Gasteiger partial charge is 0.0599 e. The summed E-state index contributed by atoms with van der Waals surface area (Å²) in [6, 6.07) is 0. The van der Waals surface area contributed by atoms with Crippen LogP contribution in [-0.2, 0) is 9.47 Å². The summed E-state index contributed by atoms with van der Waals surface area (Å²) in [7, 11) is 0. The van der Waals surface area contributed by atoms with Crippen molar-refractivity contribution in [2.24, 2.45) is 0 Å². The van der Waals surface area contributed by atoms with E-state index in [2.05, 4.69) is 13.2 Å². The highest BCUT2D eigenvalue weighted by Crippen LogP contribution is 2.24. The quantitative estimate of drug-likeness (QED) is 0.297. The summed E-state index contributed by atoms with van der Waals surface area (Å²) in [5.41, 5.74) is 0. The van der Waals surface area contributed by atoms with Crippen molar-refractivity contribution in [3.05, 3.63) is 25.3 Å². The molecule has 128 valence electrons. The van der Waals surface area contributed by atoms with Gasteiger partial charge in [-0.1, -0.05) is 25.0 Å². The maximum absolute atomic E-state index is 6.04. The van der Waals surface area contributed by atoms with Crippen LogP contribution in [0.5, 0.6) is 0 Å². The molecule has 0 spiro atoms. The molecule has 0 saturated heterocycles. The van der Waals surface area contributed by atoms with Crippen molar-refractivity contribution in [1.82, 2.24) is 0 Å². The van der Waals surface area contributed by atoms with E-state index in [1.807, 2.05) is 12.2 Å². The van der Waals surface area contributed by atoms with Gasteiger partial charge in [-0.25, -0.2) is 0 Å². The van der Waals surface area contributed by atoms with Gasteiger partial charge in [0.05, 0.1) is 12.2 Å². The number of hydrogen-bond donors (Lipinski definition) is 0. The molecule has 0 bridgehead atoms. The van der Waals surface area contributed by atoms with Gasteiger partial charge in [0.25, 0.3) is 0 Å². The molecule has 0 heterocycles. The highest BCUT2D eigenvalue weighted by Gasteiger charge is 2.22. The van der Waals surface area contributed by atoms with Gasteiger partial charge < -0.3 is 9.47 Å². The molecule has 1 aliphatic rings. The summed E-state index contributed by atoms with van der Waals surface area (Å²) in [4.78, 5) is 0. The third-order valence-corrected chi connectivity index (χ3v) is 4.39. The first-order valence-electron chi connectivity index (χ1n) is 9.31. The van der Waals surface area contributed by atoms with E-state index >= 15 is 0 Å². The molecule has 2 heteroatoms. The van der Waals surface area contributed by atoms with E-state index in [4.69, 9.17) is 9.47 Å². The molecule has 2 nitrogen and oxygen atoms in total. The van der Waals surface area contributed by atoms with Crippen LogP contribution in [0.2, 0.25) is 0 Å². The van der Waals surface area contributed by atoms with Crippen LogP contribution in [0, 0.1) is 0 Å². The van der Waals surface area contributed by atoms with Crippen molar-refractivity contribution in [3.8, 4) is 0 Å². The second kappa shape index (κ2) is 14.0. The number of hydrogen-bond acceptors (Lipinski definition) is 2. The number of rotatable bonds is 14. The Morgan fingerprint density at radius 3 is 1.68 bits per heavy atom. The fourth-order valence-corrected chi connectivity index (χ4v) is 3.04. The molecule has 0 aromatic rings. The van der Waals surface area contributed by atoms with E-state index in [1.165, 1.54) is 57.8 Å². The summed E-state index contributed by atoms with van der Waals surface area (Å²) < 4.78 is 12.1. The van der Waals surface area contributed by atoms with Gasteiger partial charge in [-0.2, -0.15) is 0 Å². The number of unbranched alkanes of at least 4 members (excludes halogenated alkanes) is 6. The Morgan fingerprint density at radius 2 is 1.23 bits per heavy atom. The van der Waals surface area contributed by atoms with Crippen molar-refractivity contribution in [1.29, 1.82) is 0 Å². The lowest BCUT2D eigenvalue weighted by molar-refractivity contribution is -0.0459. The molecule has 1 rings (SSSR count). The summed E-state index contributed by atoms with van der Waals surface area (Å²) >= 11 is 0. The maximum Gasteiger partial charge on any atom is 0.0599 e. The number of ether oxygens (including phenoxy) is 2. The van der Waals surface area contributed by atoms with Crippen LogP contribution in [-0.4, -0.2) is 25.4 Å². The Bertz CT molecular complexity index is 249. The normalized spacial score (nSPS) is 21.6. The summed E-state index contributed by atoms with van der Waals surface area (Å²) in [5.74, 6) is 0. The van der Waals surface area contributed by atoms with Crippen LogP contribution in [0.3, 0.4) is 0 Å². The van der Waals surface area contributed by atoms with Crippen LogP contribution in [0.1, 0.15) is 77.0 Å². The molecule has 0 amide bonds. The van der Waals surface area contributed by atoms with E-state index in [9.17, 15) is 0 Å². The van der Waals surface area contributed by atoms with Crippen LogP contribution in [0.25, 0.3) is 0 Å². The Kier molecular flexibility index (Phi) is 12.4. The molecular formula is C20H36O2. The predicted molar refractivity (Wildman–Crippen MR) is 95.3 cm³/mol. The summed E-state index contributed by atoms with van der Waals surface area (Å²) in [6.45, 7) is 9.34. The molecule has 0 N–H and O–H groups in total. The topological polar surface area (TPSA) is 18.5 Å². The highest BCUT2D eigenvalue weighted by atomic mass is 16.5. The lowest BCUT2D eigenvalue weighted by Gasteiger charge is -2.29. The van der Waals surface area contributed by atoms with E-state index in [0.717, 1.165) is 32.5 Å². The Labute approximate surface area is 138 Å². The van der Waals surface area contributed by atoms with Crippen molar-refractivity contribution < 1.29 is 9.47 Å². The summed E-state index contributed by atoms with van der Waals surface area (Å²) in [5, 5.41) is 0. The van der Waals surface area contributed by atoms with Crippen LogP contribution < -0.4 is 0 Å². The average molecular weight is 309 g/mol. The first-order valence-corrected chi connectivity index (χ1v) is 9.31. The van der Waals surface area contributed by atoms with Gasteiger partial charge >= 0.3 is 0 Å². The molecule has 0 aromatic heterocycles. The minimum atomic E-state index is 0.430. The molecule has 0 radical (unpaired) electrons. The molecule has 2 unspecified atom stereocenters. The lowest BCUT2D eigenvalue weighted by Crippen LogP contribution is -2.28. The standard InChI is InChI=1S/C20H36O2/c1-3-5-7-9-11-16-21-19-14-13-15-20(18-19)22-17-12-10-8-6-4-2/h3-4,19-20H,1-2,5-18H2. The molecule has 1 saturated carbocycles. The largest absolute Gasteiger partial charge is 0.378 e. The fourth-order valence-electron chi connectivity index (χ4n) is 3.04. The first-order chi connectivity index (χ1) is 10.9. The van der Waals surface area contributed by atoms with Gasteiger partial charge in [0.2, 0.25) is 0 Å². The molecule has 2 atom stereocenters. The van der Waals surface area contributed by atoms with E-state index < -0.39 is 0 Å². The third kappa shape index (κ3) is 10.2. The number of allylic oxidation sites excluding steroid dienone is 2. The van der Waals surface area contributed by atoms with Crippen LogP contribution >= 0.6 is 0 Å². The van der Waals surface area contributed by atoms with E-state index in [0.29, 0.717) is 12.2 Å². The zero-order chi connectivity index (χ0) is 15.9. The molecule has 1 aliphatic carbocycles. The molecule has 22 heavy (non-hydrogen) atoms. The van der Waals surface area contributed by atoms with Gasteiger partial charge in [0.15, 0.2) is 0 Å². The molecule has 0 aromatic carbocycles. The van der Waals surface area contributed by atoms with Gasteiger partial charge in [-0.3, -0.25) is 0 Å². The van der Waals surface area contributed by atoms with Gasteiger partial charge in [0.1, 0.15) is 0 Å².